The summed E-state index contributed by atoms with van der Waals surface area (Å²) in [4.78, 5) is 12.3. The predicted molar refractivity (Wildman–Crippen MR) is 54.6 cm³/mol. The number of carbonyl (C=O) groups is 1. The molecule has 0 amide bonds. The van der Waals surface area contributed by atoms with Crippen LogP contribution in [0.2, 0.25) is 0 Å². The van der Waals surface area contributed by atoms with Crippen LogP contribution >= 0.6 is 27.3 Å². The minimum atomic E-state index is -0.0736. The maximum Gasteiger partial charge on any atom is 0.176 e. The highest BCUT2D eigenvalue weighted by Crippen LogP contribution is 2.24. The normalized spacial score (nSPS) is 12.9. The van der Waals surface area contributed by atoms with Crippen molar-refractivity contribution in [1.29, 1.82) is 0 Å². The van der Waals surface area contributed by atoms with Gasteiger partial charge < -0.3 is 5.73 Å². The van der Waals surface area contributed by atoms with Gasteiger partial charge in [-0.05, 0) is 28.1 Å². The van der Waals surface area contributed by atoms with E-state index in [0.717, 1.165) is 8.66 Å². The van der Waals surface area contributed by atoms with E-state index in [4.69, 9.17) is 5.73 Å². The van der Waals surface area contributed by atoms with Crippen molar-refractivity contribution in [1.82, 2.24) is 0 Å². The molecular formula is C8H10BrNOS. The fourth-order valence-electron chi connectivity index (χ4n) is 0.797. The third-order valence-electron chi connectivity index (χ3n) is 1.62. The van der Waals surface area contributed by atoms with Crippen LogP contribution in [0.4, 0.5) is 0 Å². The molecule has 0 aromatic carbocycles. The Balaban J connectivity index is 2.78. The molecule has 2 N–H and O–H groups in total. The Morgan fingerprint density at radius 3 is 2.83 bits per heavy atom. The van der Waals surface area contributed by atoms with Gasteiger partial charge in [-0.15, -0.1) is 11.3 Å². The second kappa shape index (κ2) is 4.16. The fourth-order valence-corrected chi connectivity index (χ4v) is 2.24. The monoisotopic (exact) mass is 247 g/mol. The zero-order valence-electron chi connectivity index (χ0n) is 6.71. The van der Waals surface area contributed by atoms with Crippen molar-refractivity contribution in [3.05, 3.63) is 20.8 Å². The molecule has 1 aromatic heterocycles. The molecule has 1 unspecified atom stereocenters. The van der Waals surface area contributed by atoms with Gasteiger partial charge in [0.1, 0.15) is 0 Å². The van der Waals surface area contributed by atoms with E-state index in [1.807, 2.05) is 19.1 Å². The van der Waals surface area contributed by atoms with E-state index >= 15 is 0 Å². The molecule has 0 fully saturated rings. The zero-order chi connectivity index (χ0) is 9.14. The highest BCUT2D eigenvalue weighted by molar-refractivity contribution is 9.11. The lowest BCUT2D eigenvalue weighted by molar-refractivity contribution is 0.0938. The first-order chi connectivity index (χ1) is 5.65. The van der Waals surface area contributed by atoms with Crippen LogP contribution in [-0.2, 0) is 0 Å². The predicted octanol–water partition coefficient (Wildman–Crippen LogP) is 2.29. The van der Waals surface area contributed by atoms with Gasteiger partial charge in [0.15, 0.2) is 5.78 Å². The second-order valence-corrected chi connectivity index (χ2v) is 5.07. The molecule has 0 aliphatic heterocycles. The first kappa shape index (κ1) is 9.89. The average Bonchev–Trinajstić information content (AvgIpc) is 2.49. The maximum atomic E-state index is 11.5. The van der Waals surface area contributed by atoms with Crippen molar-refractivity contribution in [2.75, 3.05) is 6.54 Å². The third-order valence-corrected chi connectivity index (χ3v) is 3.26. The van der Waals surface area contributed by atoms with Gasteiger partial charge in [0.05, 0.1) is 8.66 Å². The lowest BCUT2D eigenvalue weighted by atomic mass is 10.1. The van der Waals surface area contributed by atoms with Crippen LogP contribution in [0.25, 0.3) is 0 Å². The van der Waals surface area contributed by atoms with E-state index in [0.29, 0.717) is 6.54 Å². The summed E-state index contributed by atoms with van der Waals surface area (Å²) >= 11 is 4.76. The van der Waals surface area contributed by atoms with Crippen LogP contribution in [-0.4, -0.2) is 12.3 Å². The van der Waals surface area contributed by atoms with Crippen molar-refractivity contribution >= 4 is 33.0 Å². The Kier molecular flexibility index (Phi) is 3.43. The number of hydrogen-bond acceptors (Lipinski definition) is 3. The van der Waals surface area contributed by atoms with Gasteiger partial charge >= 0.3 is 0 Å². The number of rotatable bonds is 3. The molecule has 1 rings (SSSR count). The summed E-state index contributed by atoms with van der Waals surface area (Å²) in [5.74, 6) is 0.0590. The number of nitrogens with two attached hydrogens (primary N) is 1. The molecule has 1 aromatic rings. The lowest BCUT2D eigenvalue weighted by Crippen LogP contribution is -2.19. The molecule has 0 bridgehead atoms. The number of Topliss-reactive ketones (excluding diaryl/α,β-unsaturated/α-hetero) is 1. The highest BCUT2D eigenvalue weighted by Gasteiger charge is 2.14. The fraction of sp³-hybridized carbons (Fsp3) is 0.375. The maximum absolute atomic E-state index is 11.5. The van der Waals surface area contributed by atoms with E-state index in [1.165, 1.54) is 11.3 Å². The van der Waals surface area contributed by atoms with E-state index < -0.39 is 0 Å². The average molecular weight is 248 g/mol. The minimum Gasteiger partial charge on any atom is -0.330 e. The van der Waals surface area contributed by atoms with Crippen molar-refractivity contribution in [2.24, 2.45) is 11.7 Å². The Morgan fingerprint density at radius 2 is 2.42 bits per heavy atom. The highest BCUT2D eigenvalue weighted by atomic mass is 79.9. The summed E-state index contributed by atoms with van der Waals surface area (Å²) in [7, 11) is 0. The number of hydrogen-bond donors (Lipinski definition) is 1. The number of ketones is 1. The Bertz CT molecular complexity index is 284. The molecule has 2 nitrogen and oxygen atoms in total. The van der Waals surface area contributed by atoms with Gasteiger partial charge in [0.25, 0.3) is 0 Å². The first-order valence-corrected chi connectivity index (χ1v) is 5.25. The summed E-state index contributed by atoms with van der Waals surface area (Å²) in [6, 6.07) is 3.70. The number of thiophene rings is 1. The van der Waals surface area contributed by atoms with Crippen molar-refractivity contribution in [3.8, 4) is 0 Å². The molecule has 12 heavy (non-hydrogen) atoms. The second-order valence-electron chi connectivity index (χ2n) is 2.60. The SMILES string of the molecule is CC(CN)C(=O)c1ccc(Br)s1. The summed E-state index contributed by atoms with van der Waals surface area (Å²) in [6.07, 6.45) is 0. The molecule has 1 heterocycles. The Hall–Kier alpha value is -0.190. The van der Waals surface area contributed by atoms with Crippen LogP contribution < -0.4 is 5.73 Å². The van der Waals surface area contributed by atoms with Gasteiger partial charge in [-0.25, -0.2) is 0 Å². The first-order valence-electron chi connectivity index (χ1n) is 3.64. The van der Waals surface area contributed by atoms with Crippen LogP contribution in [0.5, 0.6) is 0 Å². The quantitative estimate of drug-likeness (QED) is 0.834. The molecule has 1 atom stereocenters. The van der Waals surface area contributed by atoms with E-state index in [9.17, 15) is 4.79 Å². The summed E-state index contributed by atoms with van der Waals surface area (Å²) in [5.41, 5.74) is 5.39. The van der Waals surface area contributed by atoms with E-state index in [-0.39, 0.29) is 11.7 Å². The standard InChI is InChI=1S/C8H10BrNOS/c1-5(4-10)8(11)6-2-3-7(9)12-6/h2-3,5H,4,10H2,1H3. The molecule has 0 aliphatic rings. The van der Waals surface area contributed by atoms with E-state index in [1.54, 1.807) is 0 Å². The van der Waals surface area contributed by atoms with Gasteiger partial charge in [-0.3, -0.25) is 4.79 Å². The van der Waals surface area contributed by atoms with Crippen molar-refractivity contribution < 1.29 is 4.79 Å². The van der Waals surface area contributed by atoms with Gasteiger partial charge in [0.2, 0.25) is 0 Å². The molecule has 0 radical (unpaired) electrons. The Labute approximate surface area is 83.9 Å². The molecule has 66 valence electrons. The van der Waals surface area contributed by atoms with Gasteiger partial charge in [-0.2, -0.15) is 0 Å². The van der Waals surface area contributed by atoms with Gasteiger partial charge in [-0.1, -0.05) is 6.92 Å². The molecule has 0 spiro atoms. The van der Waals surface area contributed by atoms with Crippen LogP contribution in [0, 0.1) is 5.92 Å². The molecular weight excluding hydrogens is 238 g/mol. The van der Waals surface area contributed by atoms with Crippen LogP contribution in [0.15, 0.2) is 15.9 Å². The summed E-state index contributed by atoms with van der Waals surface area (Å²) < 4.78 is 0.982. The zero-order valence-corrected chi connectivity index (χ0v) is 9.11. The van der Waals surface area contributed by atoms with Crippen molar-refractivity contribution in [3.63, 3.8) is 0 Å². The lowest BCUT2D eigenvalue weighted by Gasteiger charge is -2.03. The van der Waals surface area contributed by atoms with Crippen molar-refractivity contribution in [2.45, 2.75) is 6.92 Å². The van der Waals surface area contributed by atoms with E-state index in [2.05, 4.69) is 15.9 Å². The van der Waals surface area contributed by atoms with Gasteiger partial charge in [0, 0.05) is 12.5 Å². The largest absolute Gasteiger partial charge is 0.330 e. The molecule has 0 saturated heterocycles. The molecule has 0 saturated carbocycles. The van der Waals surface area contributed by atoms with Crippen LogP contribution in [0.3, 0.4) is 0 Å². The third kappa shape index (κ3) is 2.15. The Morgan fingerprint density at radius 1 is 1.75 bits per heavy atom. The molecule has 0 aliphatic carbocycles. The smallest absolute Gasteiger partial charge is 0.176 e. The number of carbonyl (C=O) groups excluding carboxylic acids is 1. The molecule has 4 heteroatoms. The topological polar surface area (TPSA) is 43.1 Å². The van der Waals surface area contributed by atoms with Crippen LogP contribution in [0.1, 0.15) is 16.6 Å². The summed E-state index contributed by atoms with van der Waals surface area (Å²) in [6.45, 7) is 2.25. The minimum absolute atomic E-state index is 0.0736. The summed E-state index contributed by atoms with van der Waals surface area (Å²) in [5, 5.41) is 0. The number of halogens is 1.